The normalized spacial score (nSPS) is 11.7. The molecule has 1 atom stereocenters. The number of hydrogen-bond donors (Lipinski definition) is 1. The maximum Gasteiger partial charge on any atom is 0.321 e. The van der Waals surface area contributed by atoms with Crippen LogP contribution in [0.1, 0.15) is 12.5 Å². The number of amides is 2. The highest BCUT2D eigenvalue weighted by molar-refractivity contribution is 5.89. The summed E-state index contributed by atoms with van der Waals surface area (Å²) in [5, 5.41) is 2.67. The molecule has 2 aromatic rings. The molecular formula is C18H23N3O3. The number of likely N-dealkylation sites (N-methyl/N-ethyl adjacent to an activating group) is 1. The van der Waals surface area contributed by atoms with Crippen molar-refractivity contribution in [3.8, 4) is 5.75 Å². The molecule has 0 bridgehead atoms. The molecule has 0 fully saturated rings. The number of nitrogens with zero attached hydrogens (tertiary/aromatic N) is 2. The Morgan fingerprint density at radius 1 is 1.29 bits per heavy atom. The van der Waals surface area contributed by atoms with Crippen molar-refractivity contribution in [1.82, 2.24) is 9.47 Å². The van der Waals surface area contributed by atoms with Crippen LogP contribution in [0.5, 0.6) is 5.75 Å². The molecule has 1 aromatic carbocycles. The molecule has 0 spiro atoms. The van der Waals surface area contributed by atoms with Crippen molar-refractivity contribution in [2.75, 3.05) is 19.5 Å². The Morgan fingerprint density at radius 2 is 2.00 bits per heavy atom. The van der Waals surface area contributed by atoms with Crippen molar-refractivity contribution >= 4 is 11.7 Å². The van der Waals surface area contributed by atoms with E-state index in [4.69, 9.17) is 4.74 Å². The SMILES string of the molecule is COc1ccccc1CC(C)N(C)C(=O)Nc1cccn(C)c1=O. The third kappa shape index (κ3) is 3.95. The van der Waals surface area contributed by atoms with E-state index in [0.717, 1.165) is 11.3 Å². The summed E-state index contributed by atoms with van der Waals surface area (Å²) in [5.41, 5.74) is 1.06. The number of ether oxygens (including phenoxy) is 1. The first-order valence-electron chi connectivity index (χ1n) is 7.75. The number of aryl methyl sites for hydroxylation is 1. The molecule has 0 saturated heterocycles. The molecule has 2 amide bonds. The average molecular weight is 329 g/mol. The van der Waals surface area contributed by atoms with Gasteiger partial charge in [-0.05, 0) is 37.1 Å². The van der Waals surface area contributed by atoms with Crippen molar-refractivity contribution in [3.63, 3.8) is 0 Å². The standard InChI is InChI=1S/C18H23N3O3/c1-13(12-14-8-5-6-10-16(14)24-4)21(3)18(23)19-15-9-7-11-20(2)17(15)22/h5-11,13H,12H2,1-4H3,(H,19,23). The predicted octanol–water partition coefficient (Wildman–Crippen LogP) is 2.49. The van der Waals surface area contributed by atoms with Gasteiger partial charge < -0.3 is 19.5 Å². The summed E-state index contributed by atoms with van der Waals surface area (Å²) in [4.78, 5) is 26.0. The second-order valence-electron chi connectivity index (χ2n) is 5.74. The first-order chi connectivity index (χ1) is 11.4. The highest BCUT2D eigenvalue weighted by atomic mass is 16.5. The van der Waals surface area contributed by atoms with Crippen LogP contribution in [-0.2, 0) is 13.5 Å². The Balaban J connectivity index is 2.07. The molecule has 24 heavy (non-hydrogen) atoms. The molecule has 6 nitrogen and oxygen atoms in total. The molecule has 0 aliphatic heterocycles. The van der Waals surface area contributed by atoms with Gasteiger partial charge in [-0.15, -0.1) is 0 Å². The van der Waals surface area contributed by atoms with Crippen LogP contribution in [0.3, 0.4) is 0 Å². The fourth-order valence-electron chi connectivity index (χ4n) is 2.42. The number of aromatic nitrogens is 1. The quantitative estimate of drug-likeness (QED) is 0.916. The number of benzene rings is 1. The Bertz CT molecular complexity index is 770. The van der Waals surface area contributed by atoms with Gasteiger partial charge in [-0.25, -0.2) is 4.79 Å². The second kappa shape index (κ2) is 7.68. The molecule has 0 aliphatic carbocycles. The van der Waals surface area contributed by atoms with Gasteiger partial charge in [0.2, 0.25) is 0 Å². The van der Waals surface area contributed by atoms with Crippen LogP contribution in [0.15, 0.2) is 47.4 Å². The lowest BCUT2D eigenvalue weighted by atomic mass is 10.1. The highest BCUT2D eigenvalue weighted by Crippen LogP contribution is 2.20. The number of carbonyl (C=O) groups excluding carboxylic acids is 1. The summed E-state index contributed by atoms with van der Waals surface area (Å²) >= 11 is 0. The van der Waals surface area contributed by atoms with Gasteiger partial charge in [0.1, 0.15) is 11.4 Å². The van der Waals surface area contributed by atoms with Crippen molar-refractivity contribution < 1.29 is 9.53 Å². The number of carbonyl (C=O) groups is 1. The topological polar surface area (TPSA) is 63.6 Å². The molecule has 0 aliphatic rings. The molecule has 1 heterocycles. The van der Waals surface area contributed by atoms with Crippen LogP contribution in [0.2, 0.25) is 0 Å². The minimum atomic E-state index is -0.319. The van der Waals surface area contributed by atoms with Gasteiger partial charge in [0.25, 0.3) is 5.56 Å². The van der Waals surface area contributed by atoms with Crippen LogP contribution < -0.4 is 15.6 Å². The van der Waals surface area contributed by atoms with Gasteiger partial charge in [-0.3, -0.25) is 4.79 Å². The van der Waals surface area contributed by atoms with Crippen molar-refractivity contribution in [1.29, 1.82) is 0 Å². The Kier molecular flexibility index (Phi) is 5.63. The molecule has 0 saturated carbocycles. The molecule has 128 valence electrons. The third-order valence-corrected chi connectivity index (χ3v) is 4.05. The van der Waals surface area contributed by atoms with E-state index >= 15 is 0 Å². The van der Waals surface area contributed by atoms with Crippen molar-refractivity contribution in [3.05, 3.63) is 58.5 Å². The summed E-state index contributed by atoms with van der Waals surface area (Å²) in [5.74, 6) is 0.801. The number of rotatable bonds is 5. The summed E-state index contributed by atoms with van der Waals surface area (Å²) in [6, 6.07) is 10.7. The van der Waals surface area contributed by atoms with Crippen LogP contribution >= 0.6 is 0 Å². The third-order valence-electron chi connectivity index (χ3n) is 4.05. The van der Waals surface area contributed by atoms with Gasteiger partial charge >= 0.3 is 6.03 Å². The highest BCUT2D eigenvalue weighted by Gasteiger charge is 2.18. The monoisotopic (exact) mass is 329 g/mol. The maximum absolute atomic E-state index is 12.4. The molecule has 0 radical (unpaired) electrons. The lowest BCUT2D eigenvalue weighted by Crippen LogP contribution is -2.40. The van der Waals surface area contributed by atoms with Crippen LogP contribution in [0.25, 0.3) is 0 Å². The lowest BCUT2D eigenvalue weighted by Gasteiger charge is -2.25. The average Bonchev–Trinajstić information content (AvgIpc) is 2.58. The Labute approximate surface area is 141 Å². The first kappa shape index (κ1) is 17.6. The number of urea groups is 1. The zero-order valence-corrected chi connectivity index (χ0v) is 14.4. The zero-order chi connectivity index (χ0) is 17.7. The fourth-order valence-corrected chi connectivity index (χ4v) is 2.42. The summed E-state index contributed by atoms with van der Waals surface area (Å²) in [6.45, 7) is 1.95. The van der Waals surface area contributed by atoms with Crippen LogP contribution in [0.4, 0.5) is 10.5 Å². The van der Waals surface area contributed by atoms with Crippen LogP contribution in [0, 0.1) is 0 Å². The lowest BCUT2D eigenvalue weighted by molar-refractivity contribution is 0.207. The molecular weight excluding hydrogens is 306 g/mol. The summed E-state index contributed by atoms with van der Waals surface area (Å²) in [6.07, 6.45) is 2.30. The number of para-hydroxylation sites is 1. The molecule has 2 rings (SSSR count). The molecule has 1 unspecified atom stereocenters. The van der Waals surface area contributed by atoms with Crippen LogP contribution in [-0.4, -0.2) is 35.7 Å². The van der Waals surface area contributed by atoms with E-state index in [1.54, 1.807) is 44.4 Å². The number of hydrogen-bond acceptors (Lipinski definition) is 3. The van der Waals surface area contributed by atoms with Gasteiger partial charge in [0.05, 0.1) is 7.11 Å². The number of anilines is 1. The molecule has 6 heteroatoms. The van der Waals surface area contributed by atoms with Gasteiger partial charge in [0.15, 0.2) is 0 Å². The molecule has 1 N–H and O–H groups in total. The Hall–Kier alpha value is -2.76. The van der Waals surface area contributed by atoms with E-state index in [2.05, 4.69) is 5.32 Å². The van der Waals surface area contributed by atoms with Gasteiger partial charge in [-0.1, -0.05) is 18.2 Å². The van der Waals surface area contributed by atoms with E-state index < -0.39 is 0 Å². The maximum atomic E-state index is 12.4. The predicted molar refractivity (Wildman–Crippen MR) is 94.6 cm³/mol. The van der Waals surface area contributed by atoms with E-state index in [-0.39, 0.29) is 23.3 Å². The van der Waals surface area contributed by atoms with E-state index in [9.17, 15) is 9.59 Å². The van der Waals surface area contributed by atoms with Gasteiger partial charge in [-0.2, -0.15) is 0 Å². The van der Waals surface area contributed by atoms with E-state index in [1.807, 2.05) is 31.2 Å². The minimum Gasteiger partial charge on any atom is -0.496 e. The van der Waals surface area contributed by atoms with E-state index in [1.165, 1.54) is 4.57 Å². The minimum absolute atomic E-state index is 0.0612. The van der Waals surface area contributed by atoms with Crippen molar-refractivity contribution in [2.24, 2.45) is 7.05 Å². The summed E-state index contributed by atoms with van der Waals surface area (Å²) in [7, 11) is 4.99. The van der Waals surface area contributed by atoms with E-state index in [0.29, 0.717) is 6.42 Å². The summed E-state index contributed by atoms with van der Waals surface area (Å²) < 4.78 is 6.77. The number of pyridine rings is 1. The van der Waals surface area contributed by atoms with Gasteiger partial charge in [0, 0.05) is 26.3 Å². The first-order valence-corrected chi connectivity index (χ1v) is 7.75. The molecule has 1 aromatic heterocycles. The zero-order valence-electron chi connectivity index (χ0n) is 14.4. The smallest absolute Gasteiger partial charge is 0.321 e. The second-order valence-corrected chi connectivity index (χ2v) is 5.74. The number of nitrogens with one attached hydrogen (secondary N) is 1. The van der Waals surface area contributed by atoms with Crippen molar-refractivity contribution in [2.45, 2.75) is 19.4 Å². The number of methoxy groups -OCH3 is 1. The fraction of sp³-hybridized carbons (Fsp3) is 0.333. The largest absolute Gasteiger partial charge is 0.496 e. The Morgan fingerprint density at radius 3 is 2.71 bits per heavy atom.